The molecule has 0 bridgehead atoms. The predicted octanol–water partition coefficient (Wildman–Crippen LogP) is 3.08. The molecule has 0 radical (unpaired) electrons. The smallest absolute Gasteiger partial charge is 0.242 e. The van der Waals surface area contributed by atoms with Gasteiger partial charge in [-0.3, -0.25) is 9.59 Å². The third-order valence-electron chi connectivity index (χ3n) is 5.61. The molecule has 160 valence electrons. The van der Waals surface area contributed by atoms with E-state index in [0.717, 1.165) is 24.3 Å². The first-order valence-electron chi connectivity index (χ1n) is 10.6. The van der Waals surface area contributed by atoms with Crippen molar-refractivity contribution in [2.24, 2.45) is 0 Å². The van der Waals surface area contributed by atoms with Crippen molar-refractivity contribution in [1.29, 1.82) is 0 Å². The Kier molecular flexibility index (Phi) is 6.36. The van der Waals surface area contributed by atoms with Crippen LogP contribution in [0.5, 0.6) is 5.75 Å². The van der Waals surface area contributed by atoms with Crippen LogP contribution in [0.25, 0.3) is 0 Å². The quantitative estimate of drug-likeness (QED) is 0.619. The number of amides is 1. The molecule has 2 heterocycles. The second-order valence-corrected chi connectivity index (χ2v) is 7.75. The lowest BCUT2D eigenvalue weighted by molar-refractivity contribution is -0.132. The van der Waals surface area contributed by atoms with Crippen LogP contribution in [0.3, 0.4) is 0 Å². The lowest BCUT2D eigenvalue weighted by Gasteiger charge is -2.36. The predicted molar refractivity (Wildman–Crippen MR) is 121 cm³/mol. The number of carbonyl (C=O) groups excluding carboxylic acids is 1. The van der Waals surface area contributed by atoms with Crippen LogP contribution in [-0.4, -0.2) is 41.6 Å². The summed E-state index contributed by atoms with van der Waals surface area (Å²) in [6.07, 6.45) is 1.65. The van der Waals surface area contributed by atoms with Crippen molar-refractivity contribution in [2.45, 2.75) is 20.1 Å². The number of aryl methyl sites for hydroxylation is 1. The Morgan fingerprint density at radius 3 is 2.26 bits per heavy atom. The van der Waals surface area contributed by atoms with Gasteiger partial charge in [-0.2, -0.15) is 0 Å². The Morgan fingerprint density at radius 1 is 0.935 bits per heavy atom. The summed E-state index contributed by atoms with van der Waals surface area (Å²) in [6.45, 7) is 5.33. The van der Waals surface area contributed by atoms with E-state index in [4.69, 9.17) is 4.74 Å². The number of carbonyl (C=O) groups is 1. The topological polar surface area (TPSA) is 54.8 Å². The zero-order valence-corrected chi connectivity index (χ0v) is 17.7. The summed E-state index contributed by atoms with van der Waals surface area (Å²) in [7, 11) is 0. The Balaban J connectivity index is 1.38. The summed E-state index contributed by atoms with van der Waals surface area (Å²) in [5.74, 6) is 0.310. The third kappa shape index (κ3) is 5.15. The molecule has 1 aliphatic rings. The molecule has 0 N–H and O–H groups in total. The monoisotopic (exact) mass is 417 g/mol. The minimum Gasteiger partial charge on any atom is -0.483 e. The van der Waals surface area contributed by atoms with Gasteiger partial charge in [-0.15, -0.1) is 0 Å². The molecule has 0 aliphatic carbocycles. The number of aromatic nitrogens is 1. The highest BCUT2D eigenvalue weighted by molar-refractivity contribution is 5.76. The number of rotatable bonds is 6. The molecule has 1 amide bonds. The van der Waals surface area contributed by atoms with E-state index in [1.807, 2.05) is 60.4 Å². The average molecular weight is 418 g/mol. The second kappa shape index (κ2) is 9.51. The van der Waals surface area contributed by atoms with E-state index in [0.29, 0.717) is 19.7 Å². The van der Waals surface area contributed by atoms with Gasteiger partial charge in [0.2, 0.25) is 11.3 Å². The van der Waals surface area contributed by atoms with Crippen molar-refractivity contribution in [1.82, 2.24) is 9.47 Å². The van der Waals surface area contributed by atoms with Crippen LogP contribution in [0, 0.1) is 6.92 Å². The molecule has 1 aliphatic heterocycles. The maximum Gasteiger partial charge on any atom is 0.242 e. The fourth-order valence-corrected chi connectivity index (χ4v) is 3.76. The highest BCUT2D eigenvalue weighted by atomic mass is 16.5. The van der Waals surface area contributed by atoms with Crippen LogP contribution < -0.4 is 15.1 Å². The molecule has 0 saturated carbocycles. The second-order valence-electron chi connectivity index (χ2n) is 7.75. The van der Waals surface area contributed by atoms with Gasteiger partial charge in [-0.25, -0.2) is 0 Å². The van der Waals surface area contributed by atoms with Gasteiger partial charge in [0.1, 0.15) is 13.2 Å². The van der Waals surface area contributed by atoms with Gasteiger partial charge in [0.25, 0.3) is 0 Å². The summed E-state index contributed by atoms with van der Waals surface area (Å²) in [4.78, 5) is 29.4. The SMILES string of the molecule is Cc1cc(=O)c(OCc2ccccc2)cn1CC(=O)N1CCN(c2ccccc2)CC1. The molecule has 6 heteroatoms. The molecular formula is C25H27N3O3. The van der Waals surface area contributed by atoms with Gasteiger partial charge in [0.05, 0.1) is 6.20 Å². The van der Waals surface area contributed by atoms with E-state index in [9.17, 15) is 9.59 Å². The van der Waals surface area contributed by atoms with Crippen molar-refractivity contribution in [3.8, 4) is 5.75 Å². The highest BCUT2D eigenvalue weighted by Crippen LogP contribution is 2.16. The van der Waals surface area contributed by atoms with Crippen LogP contribution in [0.1, 0.15) is 11.3 Å². The summed E-state index contributed by atoms with van der Waals surface area (Å²) in [5, 5.41) is 0. The molecular weight excluding hydrogens is 390 g/mol. The highest BCUT2D eigenvalue weighted by Gasteiger charge is 2.21. The number of para-hydroxylation sites is 1. The Morgan fingerprint density at radius 2 is 1.58 bits per heavy atom. The molecule has 1 fully saturated rings. The van der Waals surface area contributed by atoms with Crippen LogP contribution in [0.15, 0.2) is 77.7 Å². The standard InChI is InChI=1S/C25H27N3O3/c1-20-16-23(29)24(31-19-21-8-4-2-5-9-21)17-28(20)18-25(30)27-14-12-26(13-15-27)22-10-6-3-7-11-22/h2-11,16-17H,12-15,18-19H2,1H3. The lowest BCUT2D eigenvalue weighted by atomic mass is 10.2. The molecule has 0 spiro atoms. The van der Waals surface area contributed by atoms with Crippen molar-refractivity contribution in [3.63, 3.8) is 0 Å². The van der Waals surface area contributed by atoms with Crippen LogP contribution in [0.4, 0.5) is 5.69 Å². The lowest BCUT2D eigenvalue weighted by Crippen LogP contribution is -2.49. The number of hydrogen-bond acceptors (Lipinski definition) is 4. The molecule has 4 rings (SSSR count). The first-order chi connectivity index (χ1) is 15.1. The normalized spacial score (nSPS) is 13.8. The molecule has 1 saturated heterocycles. The van der Waals surface area contributed by atoms with E-state index in [1.54, 1.807) is 10.8 Å². The Bertz CT molecular complexity index is 1070. The van der Waals surface area contributed by atoms with Gasteiger partial charge < -0.3 is 19.1 Å². The van der Waals surface area contributed by atoms with E-state index in [1.165, 1.54) is 11.8 Å². The molecule has 31 heavy (non-hydrogen) atoms. The molecule has 0 atom stereocenters. The zero-order valence-electron chi connectivity index (χ0n) is 17.7. The first-order valence-corrected chi connectivity index (χ1v) is 10.6. The van der Waals surface area contributed by atoms with Crippen molar-refractivity contribution >= 4 is 11.6 Å². The number of pyridine rings is 1. The fraction of sp³-hybridized carbons (Fsp3) is 0.280. The van der Waals surface area contributed by atoms with Crippen LogP contribution in [0.2, 0.25) is 0 Å². The van der Waals surface area contributed by atoms with E-state index in [2.05, 4.69) is 17.0 Å². The minimum absolute atomic E-state index is 0.0495. The van der Waals surface area contributed by atoms with Gasteiger partial charge in [0, 0.05) is 43.6 Å². The average Bonchev–Trinajstić information content (AvgIpc) is 2.81. The summed E-state index contributed by atoms with van der Waals surface area (Å²) < 4.78 is 7.54. The van der Waals surface area contributed by atoms with Crippen molar-refractivity contribution < 1.29 is 9.53 Å². The molecule has 3 aromatic rings. The Labute approximate surface area is 182 Å². The number of piperazine rings is 1. The van der Waals surface area contributed by atoms with Gasteiger partial charge >= 0.3 is 0 Å². The largest absolute Gasteiger partial charge is 0.483 e. The van der Waals surface area contributed by atoms with Crippen LogP contribution >= 0.6 is 0 Å². The molecule has 0 unspecified atom stereocenters. The maximum atomic E-state index is 12.9. The van der Waals surface area contributed by atoms with Crippen LogP contribution in [-0.2, 0) is 17.9 Å². The summed E-state index contributed by atoms with van der Waals surface area (Å²) in [5.41, 5.74) is 2.74. The summed E-state index contributed by atoms with van der Waals surface area (Å²) in [6, 6.07) is 21.5. The number of ether oxygens (including phenoxy) is 1. The summed E-state index contributed by atoms with van der Waals surface area (Å²) >= 11 is 0. The Hall–Kier alpha value is -3.54. The van der Waals surface area contributed by atoms with E-state index < -0.39 is 0 Å². The van der Waals surface area contributed by atoms with Gasteiger partial charge in [-0.1, -0.05) is 48.5 Å². The van der Waals surface area contributed by atoms with Gasteiger partial charge in [0.15, 0.2) is 5.75 Å². The maximum absolute atomic E-state index is 12.9. The third-order valence-corrected chi connectivity index (χ3v) is 5.61. The zero-order chi connectivity index (χ0) is 21.6. The fourth-order valence-electron chi connectivity index (χ4n) is 3.76. The number of nitrogens with zero attached hydrogens (tertiary/aromatic N) is 3. The van der Waals surface area contributed by atoms with Gasteiger partial charge in [-0.05, 0) is 24.6 Å². The minimum atomic E-state index is -0.173. The van der Waals surface area contributed by atoms with E-state index in [-0.39, 0.29) is 23.6 Å². The first kappa shape index (κ1) is 20.7. The number of hydrogen-bond donors (Lipinski definition) is 0. The van der Waals surface area contributed by atoms with E-state index >= 15 is 0 Å². The molecule has 6 nitrogen and oxygen atoms in total. The van der Waals surface area contributed by atoms with Crippen molar-refractivity contribution in [2.75, 3.05) is 31.1 Å². The molecule has 2 aromatic carbocycles. The number of anilines is 1. The molecule has 1 aromatic heterocycles. The number of benzene rings is 2. The van der Waals surface area contributed by atoms with Crippen molar-refractivity contribution in [3.05, 3.63) is 94.4 Å².